The van der Waals surface area contributed by atoms with Crippen LogP contribution in [0.1, 0.15) is 19.1 Å². The second-order valence-corrected chi connectivity index (χ2v) is 6.19. The van der Waals surface area contributed by atoms with Gasteiger partial charge in [0, 0.05) is 58.5 Å². The van der Waals surface area contributed by atoms with Gasteiger partial charge in [0.15, 0.2) is 0 Å². The van der Waals surface area contributed by atoms with Crippen LogP contribution in [0, 0.1) is 0 Å². The van der Waals surface area contributed by atoms with Gasteiger partial charge in [-0.1, -0.05) is 0 Å². The predicted molar refractivity (Wildman–Crippen MR) is 95.2 cm³/mol. The van der Waals surface area contributed by atoms with Gasteiger partial charge in [0.2, 0.25) is 17.8 Å². The minimum atomic E-state index is -0.0692. The van der Waals surface area contributed by atoms with E-state index in [4.69, 9.17) is 4.42 Å². The number of carbonyl (C=O) groups excluding carboxylic acids is 2. The maximum absolute atomic E-state index is 12.5. The van der Waals surface area contributed by atoms with Crippen LogP contribution < -0.4 is 4.90 Å². The number of hydrogen-bond donors (Lipinski definition) is 0. The summed E-state index contributed by atoms with van der Waals surface area (Å²) in [4.78, 5) is 38.3. The fourth-order valence-corrected chi connectivity index (χ4v) is 2.94. The Labute approximate surface area is 152 Å². The normalized spacial score (nSPS) is 14.3. The first kappa shape index (κ1) is 17.9. The van der Waals surface area contributed by atoms with Gasteiger partial charge in [-0.15, -0.1) is 0 Å². The monoisotopic (exact) mass is 357 g/mol. The summed E-state index contributed by atoms with van der Waals surface area (Å²) in [7, 11) is 0. The van der Waals surface area contributed by atoms with Gasteiger partial charge in [-0.2, -0.15) is 0 Å². The zero-order chi connectivity index (χ0) is 18.4. The summed E-state index contributed by atoms with van der Waals surface area (Å²) >= 11 is 0. The number of anilines is 1. The largest absolute Gasteiger partial charge is 0.467 e. The molecule has 8 heteroatoms. The summed E-state index contributed by atoms with van der Waals surface area (Å²) in [6.45, 7) is 4.96. The van der Waals surface area contributed by atoms with E-state index in [0.717, 1.165) is 0 Å². The zero-order valence-electron chi connectivity index (χ0n) is 14.9. The van der Waals surface area contributed by atoms with Crippen LogP contribution in [0.15, 0.2) is 41.3 Å². The molecule has 8 nitrogen and oxygen atoms in total. The zero-order valence-corrected chi connectivity index (χ0v) is 14.9. The number of furan rings is 1. The van der Waals surface area contributed by atoms with Crippen molar-refractivity contribution in [3.05, 3.63) is 42.6 Å². The number of rotatable bonds is 6. The van der Waals surface area contributed by atoms with E-state index in [1.165, 1.54) is 6.92 Å². The molecule has 0 spiro atoms. The van der Waals surface area contributed by atoms with Crippen molar-refractivity contribution in [2.75, 3.05) is 37.6 Å². The molecule has 0 aliphatic carbocycles. The second-order valence-electron chi connectivity index (χ2n) is 6.19. The fraction of sp³-hybridized carbons (Fsp3) is 0.444. The summed E-state index contributed by atoms with van der Waals surface area (Å²) in [5.41, 5.74) is 0. The van der Waals surface area contributed by atoms with Crippen molar-refractivity contribution in [1.29, 1.82) is 0 Å². The van der Waals surface area contributed by atoms with Gasteiger partial charge in [-0.3, -0.25) is 9.59 Å². The number of carbonyl (C=O) groups is 2. The van der Waals surface area contributed by atoms with Crippen LogP contribution in [0.25, 0.3) is 0 Å². The molecule has 1 aliphatic rings. The van der Waals surface area contributed by atoms with Crippen LogP contribution in [0.5, 0.6) is 0 Å². The van der Waals surface area contributed by atoms with E-state index in [1.54, 1.807) is 35.7 Å². The van der Waals surface area contributed by atoms with Gasteiger partial charge >= 0.3 is 0 Å². The van der Waals surface area contributed by atoms with Gasteiger partial charge in [-0.25, -0.2) is 9.97 Å². The highest BCUT2D eigenvalue weighted by Gasteiger charge is 2.23. The third-order valence-electron chi connectivity index (χ3n) is 4.44. The Morgan fingerprint density at radius 2 is 1.88 bits per heavy atom. The first-order chi connectivity index (χ1) is 12.6. The first-order valence-corrected chi connectivity index (χ1v) is 8.71. The number of aromatic nitrogens is 2. The maximum Gasteiger partial charge on any atom is 0.225 e. The molecular formula is C18H23N5O3. The van der Waals surface area contributed by atoms with E-state index >= 15 is 0 Å². The Morgan fingerprint density at radius 1 is 1.15 bits per heavy atom. The number of nitrogens with zero attached hydrogens (tertiary/aromatic N) is 5. The van der Waals surface area contributed by atoms with E-state index in [1.807, 2.05) is 11.0 Å². The Hall–Kier alpha value is -2.90. The lowest BCUT2D eigenvalue weighted by Gasteiger charge is -2.35. The van der Waals surface area contributed by atoms with Gasteiger partial charge in [0.1, 0.15) is 5.76 Å². The van der Waals surface area contributed by atoms with Crippen LogP contribution in [-0.2, 0) is 16.1 Å². The number of piperazine rings is 1. The predicted octanol–water partition coefficient (Wildman–Crippen LogP) is 1.16. The highest BCUT2D eigenvalue weighted by molar-refractivity contribution is 5.78. The summed E-state index contributed by atoms with van der Waals surface area (Å²) in [5.74, 6) is 1.40. The Bertz CT molecular complexity index is 712. The molecule has 2 amide bonds. The van der Waals surface area contributed by atoms with E-state index in [9.17, 15) is 9.59 Å². The maximum atomic E-state index is 12.5. The number of hydrogen-bond acceptors (Lipinski definition) is 6. The van der Waals surface area contributed by atoms with E-state index in [0.29, 0.717) is 57.4 Å². The van der Waals surface area contributed by atoms with Crippen molar-refractivity contribution in [2.24, 2.45) is 0 Å². The quantitative estimate of drug-likeness (QED) is 0.771. The van der Waals surface area contributed by atoms with Crippen molar-refractivity contribution in [1.82, 2.24) is 19.8 Å². The number of amides is 2. The Morgan fingerprint density at radius 3 is 2.50 bits per heavy atom. The van der Waals surface area contributed by atoms with E-state index in [2.05, 4.69) is 14.9 Å². The molecule has 0 bridgehead atoms. The summed E-state index contributed by atoms with van der Waals surface area (Å²) in [6, 6.07) is 5.39. The third kappa shape index (κ3) is 4.59. The van der Waals surface area contributed by atoms with Crippen LogP contribution in [-0.4, -0.2) is 64.3 Å². The van der Waals surface area contributed by atoms with Crippen molar-refractivity contribution in [2.45, 2.75) is 19.9 Å². The van der Waals surface area contributed by atoms with Crippen LogP contribution in [0.4, 0.5) is 5.95 Å². The lowest BCUT2D eigenvalue weighted by Crippen LogP contribution is -2.49. The SMILES string of the molecule is CC(=O)N(CCC(=O)N1CCN(c2ncccn2)CC1)Cc1ccco1. The minimum Gasteiger partial charge on any atom is -0.467 e. The molecule has 1 aliphatic heterocycles. The molecule has 0 radical (unpaired) electrons. The van der Waals surface area contributed by atoms with Crippen molar-refractivity contribution in [3.8, 4) is 0 Å². The summed E-state index contributed by atoms with van der Waals surface area (Å²) in [6.07, 6.45) is 5.32. The van der Waals surface area contributed by atoms with Gasteiger partial charge in [0.05, 0.1) is 12.8 Å². The van der Waals surface area contributed by atoms with Gasteiger partial charge < -0.3 is 19.1 Å². The molecule has 1 fully saturated rings. The molecule has 0 saturated carbocycles. The minimum absolute atomic E-state index is 0.0596. The molecular weight excluding hydrogens is 334 g/mol. The van der Waals surface area contributed by atoms with Gasteiger partial charge in [-0.05, 0) is 18.2 Å². The lowest BCUT2D eigenvalue weighted by molar-refractivity contribution is -0.134. The highest BCUT2D eigenvalue weighted by atomic mass is 16.3. The third-order valence-corrected chi connectivity index (χ3v) is 4.44. The topological polar surface area (TPSA) is 82.8 Å². The highest BCUT2D eigenvalue weighted by Crippen LogP contribution is 2.11. The summed E-state index contributed by atoms with van der Waals surface area (Å²) < 4.78 is 5.28. The van der Waals surface area contributed by atoms with E-state index < -0.39 is 0 Å². The Balaban J connectivity index is 1.47. The average Bonchev–Trinajstić information content (AvgIpc) is 3.18. The molecule has 2 aromatic rings. The fourth-order valence-electron chi connectivity index (χ4n) is 2.94. The van der Waals surface area contributed by atoms with Crippen molar-refractivity contribution in [3.63, 3.8) is 0 Å². The molecule has 2 aromatic heterocycles. The molecule has 0 atom stereocenters. The molecule has 0 aromatic carbocycles. The van der Waals surface area contributed by atoms with Crippen molar-refractivity contribution >= 4 is 17.8 Å². The standard InChI is InChI=1S/C18H23N5O3/c1-15(24)23(14-16-4-2-13-26-16)8-5-17(25)21-9-11-22(12-10-21)18-19-6-3-7-20-18/h2-4,6-7,13H,5,8-12,14H2,1H3. The Kier molecular flexibility index (Phi) is 5.83. The van der Waals surface area contributed by atoms with Crippen LogP contribution in [0.3, 0.4) is 0 Å². The van der Waals surface area contributed by atoms with Gasteiger partial charge in [0.25, 0.3) is 0 Å². The summed E-state index contributed by atoms with van der Waals surface area (Å²) in [5, 5.41) is 0. The molecule has 138 valence electrons. The van der Waals surface area contributed by atoms with Crippen molar-refractivity contribution < 1.29 is 14.0 Å². The molecule has 0 N–H and O–H groups in total. The first-order valence-electron chi connectivity index (χ1n) is 8.71. The second kappa shape index (κ2) is 8.46. The van der Waals surface area contributed by atoms with Crippen LogP contribution in [0.2, 0.25) is 0 Å². The molecule has 3 heterocycles. The molecule has 3 rings (SSSR count). The van der Waals surface area contributed by atoms with Crippen LogP contribution >= 0.6 is 0 Å². The molecule has 1 saturated heterocycles. The van der Waals surface area contributed by atoms with E-state index in [-0.39, 0.29) is 11.8 Å². The molecule has 0 unspecified atom stereocenters. The average molecular weight is 357 g/mol. The smallest absolute Gasteiger partial charge is 0.225 e. The molecule has 26 heavy (non-hydrogen) atoms. The lowest BCUT2D eigenvalue weighted by atomic mass is 10.2.